The summed E-state index contributed by atoms with van der Waals surface area (Å²) in [6.07, 6.45) is 7.61. The molecule has 142 valence electrons. The van der Waals surface area contributed by atoms with Crippen molar-refractivity contribution in [3.63, 3.8) is 0 Å². The summed E-state index contributed by atoms with van der Waals surface area (Å²) in [5.74, 6) is 0.627. The Labute approximate surface area is 154 Å². The van der Waals surface area contributed by atoms with Gasteiger partial charge in [0.15, 0.2) is 0 Å². The standard InChI is InChI=1S/C18H20F2O5S/c19-18(20,26-25-24-22)16(21)23-15-3-1-14(2-4-15)17-8-11-5-12(9-17)7-13(6-11)10-17/h1-4,11-13,22H,5-10H2/p-1. The Morgan fingerprint density at radius 1 is 1.08 bits per heavy atom. The smallest absolute Gasteiger partial charge is 0.416 e. The van der Waals surface area contributed by atoms with Crippen LogP contribution in [0.5, 0.6) is 5.75 Å². The van der Waals surface area contributed by atoms with Crippen LogP contribution < -0.4 is 9.99 Å². The van der Waals surface area contributed by atoms with Gasteiger partial charge >= 0.3 is 11.2 Å². The molecule has 0 unspecified atom stereocenters. The van der Waals surface area contributed by atoms with Gasteiger partial charge < -0.3 is 9.99 Å². The van der Waals surface area contributed by atoms with Gasteiger partial charge in [0.25, 0.3) is 0 Å². The maximum atomic E-state index is 13.4. The molecule has 4 aliphatic carbocycles. The third-order valence-corrected chi connectivity index (χ3v) is 6.62. The number of ether oxygens (including phenoxy) is 1. The first-order valence-corrected chi connectivity index (χ1v) is 9.49. The second-order valence-corrected chi connectivity index (χ2v) is 8.66. The average Bonchev–Trinajstić information content (AvgIpc) is 2.59. The lowest BCUT2D eigenvalue weighted by molar-refractivity contribution is -0.777. The van der Waals surface area contributed by atoms with Gasteiger partial charge in [0.05, 0.1) is 0 Å². The van der Waals surface area contributed by atoms with Gasteiger partial charge in [0.1, 0.15) is 17.8 Å². The molecule has 0 N–H and O–H groups in total. The van der Waals surface area contributed by atoms with E-state index in [0.29, 0.717) is 0 Å². The maximum absolute atomic E-state index is 13.4. The summed E-state index contributed by atoms with van der Waals surface area (Å²) >= 11 is -0.695. The zero-order valence-corrected chi connectivity index (χ0v) is 14.8. The van der Waals surface area contributed by atoms with E-state index >= 15 is 0 Å². The first kappa shape index (κ1) is 18.2. The molecule has 4 fully saturated rings. The van der Waals surface area contributed by atoms with E-state index in [2.05, 4.69) is 9.37 Å². The highest BCUT2D eigenvalue weighted by atomic mass is 32.2. The Balaban J connectivity index is 1.45. The van der Waals surface area contributed by atoms with E-state index < -0.39 is 23.3 Å². The molecule has 0 amide bonds. The van der Waals surface area contributed by atoms with Crippen LogP contribution in [-0.2, 0) is 19.6 Å². The number of benzene rings is 1. The van der Waals surface area contributed by atoms with Gasteiger partial charge in [-0.2, -0.15) is 13.1 Å². The molecule has 0 saturated heterocycles. The van der Waals surface area contributed by atoms with E-state index in [4.69, 9.17) is 4.74 Å². The van der Waals surface area contributed by atoms with Crippen molar-refractivity contribution in [2.75, 3.05) is 0 Å². The molecule has 5 nitrogen and oxygen atoms in total. The highest BCUT2D eigenvalue weighted by Crippen LogP contribution is 2.60. The minimum atomic E-state index is -4.04. The van der Waals surface area contributed by atoms with Gasteiger partial charge in [0, 0.05) is 0 Å². The van der Waals surface area contributed by atoms with Gasteiger partial charge in [-0.25, -0.2) is 4.79 Å². The third kappa shape index (κ3) is 3.35. The first-order chi connectivity index (χ1) is 12.4. The fourth-order valence-corrected chi connectivity index (χ4v) is 5.82. The Kier molecular flexibility index (Phi) is 4.71. The molecule has 0 aromatic heterocycles. The lowest BCUT2D eigenvalue weighted by Crippen LogP contribution is -2.48. The van der Waals surface area contributed by atoms with E-state index in [9.17, 15) is 18.8 Å². The summed E-state index contributed by atoms with van der Waals surface area (Å²) in [6.45, 7) is 0. The molecule has 5 rings (SSSR count). The third-order valence-electron chi connectivity index (χ3n) is 6.12. The van der Waals surface area contributed by atoms with Crippen LogP contribution in [0.3, 0.4) is 0 Å². The Morgan fingerprint density at radius 2 is 1.62 bits per heavy atom. The Morgan fingerprint density at radius 3 is 2.12 bits per heavy atom. The molecule has 4 saturated carbocycles. The average molecular weight is 385 g/mol. The molecule has 0 aliphatic heterocycles. The zero-order valence-electron chi connectivity index (χ0n) is 14.0. The number of halogens is 2. The summed E-state index contributed by atoms with van der Waals surface area (Å²) in [5.41, 5.74) is 1.40. The van der Waals surface area contributed by atoms with E-state index in [1.165, 1.54) is 44.1 Å². The fraction of sp³-hybridized carbons (Fsp3) is 0.611. The maximum Gasteiger partial charge on any atom is 0.416 e. The number of hydrogen-bond acceptors (Lipinski definition) is 6. The largest absolute Gasteiger partial charge is 0.691 e. The van der Waals surface area contributed by atoms with E-state index in [1.807, 2.05) is 12.1 Å². The van der Waals surface area contributed by atoms with Gasteiger partial charge in [-0.15, -0.1) is 0 Å². The lowest BCUT2D eigenvalue weighted by atomic mass is 9.48. The summed E-state index contributed by atoms with van der Waals surface area (Å²) in [4.78, 5) is 11.5. The first-order valence-electron chi connectivity index (χ1n) is 8.75. The molecule has 0 heterocycles. The molecule has 4 aliphatic rings. The number of carbonyl (C=O) groups is 1. The van der Waals surface area contributed by atoms with Crippen LogP contribution in [0.15, 0.2) is 24.3 Å². The van der Waals surface area contributed by atoms with Gasteiger partial charge in [-0.1, -0.05) is 12.1 Å². The fourth-order valence-electron chi connectivity index (χ4n) is 5.60. The van der Waals surface area contributed by atoms with Crippen molar-refractivity contribution in [2.24, 2.45) is 17.8 Å². The van der Waals surface area contributed by atoms with Crippen molar-refractivity contribution < 1.29 is 32.9 Å². The topological polar surface area (TPSA) is 67.8 Å². The van der Waals surface area contributed by atoms with Gasteiger partial charge in [-0.3, -0.25) is 5.04 Å². The van der Waals surface area contributed by atoms with Crippen molar-refractivity contribution in [3.05, 3.63) is 29.8 Å². The molecule has 1 aromatic carbocycles. The molecule has 8 heteroatoms. The Hall–Kier alpha value is -1.22. The molecule has 0 atom stereocenters. The summed E-state index contributed by atoms with van der Waals surface area (Å²) in [5, 5.41) is 8.43. The lowest BCUT2D eigenvalue weighted by Gasteiger charge is -2.57. The minimum absolute atomic E-state index is 0.0341. The van der Waals surface area contributed by atoms with Crippen LogP contribution in [0.4, 0.5) is 8.78 Å². The van der Waals surface area contributed by atoms with Crippen LogP contribution in [0.2, 0.25) is 0 Å². The van der Waals surface area contributed by atoms with Crippen molar-refractivity contribution >= 4 is 18.0 Å². The molecular weight excluding hydrogens is 366 g/mol. The number of esters is 1. The van der Waals surface area contributed by atoms with E-state index in [0.717, 1.165) is 17.8 Å². The van der Waals surface area contributed by atoms with Crippen LogP contribution in [0.1, 0.15) is 44.1 Å². The molecule has 1 aromatic rings. The predicted octanol–water partition coefficient (Wildman–Crippen LogP) is 3.52. The summed E-state index contributed by atoms with van der Waals surface area (Å²) in [7, 11) is 0. The second kappa shape index (κ2) is 6.74. The molecule has 0 radical (unpaired) electrons. The van der Waals surface area contributed by atoms with Crippen LogP contribution in [-0.4, -0.2) is 11.2 Å². The van der Waals surface area contributed by atoms with Crippen LogP contribution >= 0.6 is 12.0 Å². The van der Waals surface area contributed by atoms with Crippen molar-refractivity contribution in [2.45, 2.75) is 49.2 Å². The van der Waals surface area contributed by atoms with E-state index in [1.54, 1.807) is 12.1 Å². The Bertz CT molecular complexity index is 643. The summed E-state index contributed by atoms with van der Waals surface area (Å²) < 4.78 is 35.1. The highest BCUT2D eigenvalue weighted by molar-refractivity contribution is 7.96. The highest BCUT2D eigenvalue weighted by Gasteiger charge is 2.51. The van der Waals surface area contributed by atoms with Gasteiger partial charge in [0.2, 0.25) is 0 Å². The summed E-state index contributed by atoms with van der Waals surface area (Å²) in [6, 6.07) is 6.88. The number of carbonyl (C=O) groups excluding carboxylic acids is 1. The zero-order chi connectivity index (χ0) is 18.4. The molecular formula is C18H19F2O5S-. The van der Waals surface area contributed by atoms with Crippen LogP contribution in [0, 0.1) is 17.8 Å². The SMILES string of the molecule is O=C(Oc1ccc(C23CC4CC(CC(C4)C2)C3)cc1)C(F)(F)SOO[O-]. The molecule has 26 heavy (non-hydrogen) atoms. The number of hydrogen-bond donors (Lipinski definition) is 0. The molecule has 0 spiro atoms. The minimum Gasteiger partial charge on any atom is -0.691 e. The van der Waals surface area contributed by atoms with Crippen molar-refractivity contribution in [1.29, 1.82) is 0 Å². The van der Waals surface area contributed by atoms with Gasteiger partial charge in [-0.05, 0) is 79.4 Å². The van der Waals surface area contributed by atoms with Crippen molar-refractivity contribution in [3.8, 4) is 5.75 Å². The number of alkyl halides is 2. The molecule has 4 bridgehead atoms. The monoisotopic (exact) mass is 385 g/mol. The quantitative estimate of drug-likeness (QED) is 0.245. The second-order valence-electron chi connectivity index (χ2n) is 7.85. The van der Waals surface area contributed by atoms with E-state index in [-0.39, 0.29) is 11.2 Å². The van der Waals surface area contributed by atoms with Crippen LogP contribution in [0.25, 0.3) is 0 Å². The number of rotatable bonds is 6. The predicted molar refractivity (Wildman–Crippen MR) is 86.6 cm³/mol. The van der Waals surface area contributed by atoms with Crippen molar-refractivity contribution in [1.82, 2.24) is 0 Å². The normalized spacial score (nSPS) is 32.7.